The van der Waals surface area contributed by atoms with E-state index in [2.05, 4.69) is 26.1 Å². The summed E-state index contributed by atoms with van der Waals surface area (Å²) >= 11 is 0. The maximum atomic E-state index is 12.1. The number of urea groups is 1. The molecule has 3 amide bonds. The fourth-order valence-electron chi connectivity index (χ4n) is 3.98. The van der Waals surface area contributed by atoms with Crippen LogP contribution in [-0.2, 0) is 11.3 Å². The highest BCUT2D eigenvalue weighted by atomic mass is 16.4. The van der Waals surface area contributed by atoms with Gasteiger partial charge in [0.25, 0.3) is 5.91 Å². The number of rotatable bonds is 7. The highest BCUT2D eigenvalue weighted by Gasteiger charge is 2.33. The quantitative estimate of drug-likeness (QED) is 0.648. The number of hydrogen-bond acceptors (Lipinski definition) is 3. The van der Waals surface area contributed by atoms with Gasteiger partial charge in [-0.1, -0.05) is 32.9 Å². The minimum absolute atomic E-state index is 0.0859. The molecule has 0 aliphatic heterocycles. The van der Waals surface area contributed by atoms with Crippen molar-refractivity contribution < 1.29 is 19.5 Å². The summed E-state index contributed by atoms with van der Waals surface area (Å²) in [5.74, 6) is -0.610. The fourth-order valence-corrected chi connectivity index (χ4v) is 3.98. The summed E-state index contributed by atoms with van der Waals surface area (Å²) in [7, 11) is 0. The third-order valence-electron chi connectivity index (χ3n) is 5.84. The minimum atomic E-state index is -0.955. The third kappa shape index (κ3) is 6.76. The smallest absolute Gasteiger partial charge is 0.315 e. The molecule has 1 aromatic rings. The summed E-state index contributed by atoms with van der Waals surface area (Å²) < 4.78 is 0. The van der Waals surface area contributed by atoms with Gasteiger partial charge in [0.1, 0.15) is 0 Å². The zero-order valence-electron chi connectivity index (χ0n) is 17.6. The summed E-state index contributed by atoms with van der Waals surface area (Å²) in [5, 5.41) is 11.2. The highest BCUT2D eigenvalue weighted by Crippen LogP contribution is 2.39. The van der Waals surface area contributed by atoms with E-state index < -0.39 is 12.0 Å². The summed E-state index contributed by atoms with van der Waals surface area (Å²) in [6.07, 6.45) is 3.97. The van der Waals surface area contributed by atoms with Gasteiger partial charge in [0.15, 0.2) is 0 Å². The van der Waals surface area contributed by atoms with Crippen molar-refractivity contribution in [2.45, 2.75) is 65.5 Å². The van der Waals surface area contributed by atoms with Gasteiger partial charge in [0, 0.05) is 24.7 Å². The second-order valence-electron chi connectivity index (χ2n) is 8.93. The van der Waals surface area contributed by atoms with Gasteiger partial charge in [-0.25, -0.2) is 4.79 Å². The van der Waals surface area contributed by atoms with Crippen molar-refractivity contribution >= 4 is 17.9 Å². The Balaban J connectivity index is 1.95. The monoisotopic (exact) mass is 403 g/mol. The van der Waals surface area contributed by atoms with Gasteiger partial charge in [-0.2, -0.15) is 0 Å². The van der Waals surface area contributed by atoms with E-state index >= 15 is 0 Å². The molecule has 29 heavy (non-hydrogen) atoms. The third-order valence-corrected chi connectivity index (χ3v) is 5.84. The molecule has 160 valence electrons. The predicted octanol–water partition coefficient (Wildman–Crippen LogP) is 3.38. The summed E-state index contributed by atoms with van der Waals surface area (Å²) in [5.41, 5.74) is 7.31. The molecule has 0 spiro atoms. The van der Waals surface area contributed by atoms with Crippen LogP contribution in [0.5, 0.6) is 0 Å². The molecule has 0 saturated heterocycles. The summed E-state index contributed by atoms with van der Waals surface area (Å²) in [4.78, 5) is 36.4. The number of nitrogens with two attached hydrogens (primary N) is 1. The van der Waals surface area contributed by atoms with Crippen molar-refractivity contribution in [3.8, 4) is 0 Å². The molecule has 1 aliphatic rings. The van der Waals surface area contributed by atoms with Crippen LogP contribution < -0.4 is 11.1 Å². The molecule has 0 radical (unpaired) electrons. The molecule has 0 aromatic heterocycles. The van der Waals surface area contributed by atoms with E-state index in [-0.39, 0.29) is 30.3 Å². The molecular weight excluding hydrogens is 370 g/mol. The van der Waals surface area contributed by atoms with Crippen molar-refractivity contribution in [2.75, 3.05) is 6.54 Å². The van der Waals surface area contributed by atoms with Crippen LogP contribution in [0.3, 0.4) is 0 Å². The Kier molecular flexibility index (Phi) is 7.65. The van der Waals surface area contributed by atoms with Gasteiger partial charge in [-0.15, -0.1) is 0 Å². The number of aliphatic carboxylic acids is 1. The topological polar surface area (TPSA) is 113 Å². The first kappa shape index (κ1) is 22.7. The van der Waals surface area contributed by atoms with Crippen LogP contribution in [0, 0.1) is 11.3 Å². The first-order valence-corrected chi connectivity index (χ1v) is 10.2. The summed E-state index contributed by atoms with van der Waals surface area (Å²) in [6.45, 7) is 7.30. The highest BCUT2D eigenvalue weighted by molar-refractivity contribution is 5.94. The number of carbonyl (C=O) groups is 3. The van der Waals surface area contributed by atoms with Crippen molar-refractivity contribution in [2.24, 2.45) is 17.1 Å². The van der Waals surface area contributed by atoms with E-state index in [4.69, 9.17) is 10.8 Å². The number of primary amides is 1. The number of benzene rings is 1. The Bertz CT molecular complexity index is 717. The second-order valence-corrected chi connectivity index (χ2v) is 8.93. The molecule has 2 rings (SSSR count). The van der Waals surface area contributed by atoms with Crippen LogP contribution in [0.4, 0.5) is 4.79 Å². The van der Waals surface area contributed by atoms with E-state index in [1.165, 1.54) is 0 Å². The van der Waals surface area contributed by atoms with Gasteiger partial charge >= 0.3 is 12.0 Å². The van der Waals surface area contributed by atoms with E-state index in [9.17, 15) is 14.4 Å². The molecule has 0 atom stereocenters. The molecule has 1 fully saturated rings. The predicted molar refractivity (Wildman–Crippen MR) is 111 cm³/mol. The molecule has 1 aliphatic carbocycles. The van der Waals surface area contributed by atoms with Crippen LogP contribution in [0.25, 0.3) is 0 Å². The molecule has 4 N–H and O–H groups in total. The Morgan fingerprint density at radius 1 is 1.10 bits per heavy atom. The average molecular weight is 404 g/mol. The van der Waals surface area contributed by atoms with E-state index in [1.54, 1.807) is 17.0 Å². The van der Waals surface area contributed by atoms with Crippen LogP contribution >= 0.6 is 0 Å². The maximum absolute atomic E-state index is 12.1. The average Bonchev–Trinajstić information content (AvgIpc) is 2.65. The number of carboxylic acid groups (broad SMARTS) is 1. The van der Waals surface area contributed by atoms with Crippen molar-refractivity contribution in [1.29, 1.82) is 0 Å². The molecule has 7 heteroatoms. The van der Waals surface area contributed by atoms with Gasteiger partial charge in [-0.3, -0.25) is 9.59 Å². The van der Waals surface area contributed by atoms with Gasteiger partial charge in [0.2, 0.25) is 0 Å². The minimum Gasteiger partial charge on any atom is -0.481 e. The first-order chi connectivity index (χ1) is 13.6. The number of carbonyl (C=O) groups excluding carboxylic acids is 2. The van der Waals surface area contributed by atoms with Gasteiger partial charge < -0.3 is 21.1 Å². The lowest BCUT2D eigenvalue weighted by atomic mass is 9.71. The van der Waals surface area contributed by atoms with Crippen molar-refractivity contribution in [1.82, 2.24) is 10.2 Å². The molecule has 7 nitrogen and oxygen atoms in total. The fraction of sp³-hybridized carbons (Fsp3) is 0.591. The number of carboxylic acids is 1. The van der Waals surface area contributed by atoms with E-state index in [0.717, 1.165) is 31.2 Å². The molecule has 1 aromatic carbocycles. The van der Waals surface area contributed by atoms with Crippen molar-refractivity contribution in [3.63, 3.8) is 0 Å². The van der Waals surface area contributed by atoms with Gasteiger partial charge in [-0.05, 0) is 54.7 Å². The first-order valence-electron chi connectivity index (χ1n) is 10.2. The zero-order chi connectivity index (χ0) is 21.6. The molecule has 0 heterocycles. The number of nitrogens with zero attached hydrogens (tertiary/aromatic N) is 1. The lowest BCUT2D eigenvalue weighted by Crippen LogP contribution is -2.45. The SMILES string of the molecule is CC(C)(C)C1CCC(N(Cc2ccc(C(=O)NCCC(=O)O)cc2)C(N)=O)CC1. The zero-order valence-corrected chi connectivity index (χ0v) is 17.6. The second kappa shape index (κ2) is 9.76. The number of nitrogens with one attached hydrogen (secondary N) is 1. The summed E-state index contributed by atoms with van der Waals surface area (Å²) in [6, 6.07) is 6.71. The number of hydrogen-bond donors (Lipinski definition) is 3. The van der Waals surface area contributed by atoms with Crippen molar-refractivity contribution in [3.05, 3.63) is 35.4 Å². The molecule has 0 bridgehead atoms. The van der Waals surface area contributed by atoms with E-state index in [0.29, 0.717) is 18.0 Å². The van der Waals surface area contributed by atoms with Crippen LogP contribution in [0.1, 0.15) is 68.8 Å². The normalized spacial score (nSPS) is 19.4. The van der Waals surface area contributed by atoms with Crippen LogP contribution in [0.2, 0.25) is 0 Å². The maximum Gasteiger partial charge on any atom is 0.315 e. The van der Waals surface area contributed by atoms with Crippen LogP contribution in [-0.4, -0.2) is 40.5 Å². The Morgan fingerprint density at radius 3 is 2.17 bits per heavy atom. The lowest BCUT2D eigenvalue weighted by molar-refractivity contribution is -0.136. The standard InChI is InChI=1S/C22H33N3O4/c1-22(2,3)17-8-10-18(11-9-17)25(21(23)29)14-15-4-6-16(7-5-15)20(28)24-13-12-19(26)27/h4-7,17-18H,8-14H2,1-3H3,(H2,23,29)(H,24,28)(H,26,27). The Hall–Kier alpha value is -2.57. The lowest BCUT2D eigenvalue weighted by Gasteiger charge is -2.40. The molecule has 1 saturated carbocycles. The van der Waals surface area contributed by atoms with Gasteiger partial charge in [0.05, 0.1) is 6.42 Å². The molecular formula is C22H33N3O4. The van der Waals surface area contributed by atoms with Crippen LogP contribution in [0.15, 0.2) is 24.3 Å². The molecule has 0 unspecified atom stereocenters. The Morgan fingerprint density at radius 2 is 1.69 bits per heavy atom. The van der Waals surface area contributed by atoms with E-state index in [1.807, 2.05) is 12.1 Å². The largest absolute Gasteiger partial charge is 0.481 e. The Labute approximate surface area is 172 Å². The number of amides is 3.